The van der Waals surface area contributed by atoms with Crippen LogP contribution in [0.1, 0.15) is 5.56 Å². The minimum atomic E-state index is -0.839. The van der Waals surface area contributed by atoms with Crippen molar-refractivity contribution in [1.82, 2.24) is 0 Å². The summed E-state index contributed by atoms with van der Waals surface area (Å²) < 4.78 is 4.91. The highest BCUT2D eigenvalue weighted by atomic mass is 16.5. The van der Waals surface area contributed by atoms with Crippen LogP contribution in [0.2, 0.25) is 0 Å². The molecule has 0 aliphatic heterocycles. The van der Waals surface area contributed by atoms with Crippen molar-refractivity contribution in [2.45, 2.75) is 6.61 Å². The fourth-order valence-electron chi connectivity index (χ4n) is 1.05. The number of aliphatic hydroxyl groups excluding tert-OH is 2. The predicted molar refractivity (Wildman–Crippen MR) is 53.9 cm³/mol. The molecule has 0 fully saturated rings. The average molecular weight is 210 g/mol. The van der Waals surface area contributed by atoms with Gasteiger partial charge in [-0.3, -0.25) is 4.79 Å². The van der Waals surface area contributed by atoms with Gasteiger partial charge >= 0.3 is 5.97 Å². The smallest absolute Gasteiger partial charge is 0.313 e. The molecule has 0 unspecified atom stereocenters. The second-order valence-electron chi connectivity index (χ2n) is 3.16. The standard InChI is InChI=1S/C11H14O4/c12-6-10(7-13)11(14)15-8-9-4-2-1-3-5-9/h1-5,10,12-13H,6-8H2. The van der Waals surface area contributed by atoms with Gasteiger partial charge in [-0.2, -0.15) is 0 Å². The van der Waals surface area contributed by atoms with Gasteiger partial charge in [0, 0.05) is 0 Å². The van der Waals surface area contributed by atoms with E-state index in [2.05, 4.69) is 0 Å². The first-order valence-corrected chi connectivity index (χ1v) is 4.70. The molecule has 0 spiro atoms. The summed E-state index contributed by atoms with van der Waals surface area (Å²) in [4.78, 5) is 11.2. The number of hydrogen-bond donors (Lipinski definition) is 2. The van der Waals surface area contributed by atoms with Gasteiger partial charge in [-0.25, -0.2) is 0 Å². The second-order valence-corrected chi connectivity index (χ2v) is 3.16. The molecule has 4 nitrogen and oxygen atoms in total. The Bertz CT molecular complexity index is 293. The Morgan fingerprint density at radius 3 is 2.33 bits per heavy atom. The molecule has 0 saturated heterocycles. The number of esters is 1. The van der Waals surface area contributed by atoms with Crippen LogP contribution in [0, 0.1) is 5.92 Å². The third-order valence-electron chi connectivity index (χ3n) is 2.00. The van der Waals surface area contributed by atoms with E-state index in [0.717, 1.165) is 5.56 Å². The van der Waals surface area contributed by atoms with Gasteiger partial charge in [0.2, 0.25) is 0 Å². The van der Waals surface area contributed by atoms with E-state index in [1.807, 2.05) is 30.3 Å². The van der Waals surface area contributed by atoms with E-state index in [4.69, 9.17) is 14.9 Å². The first-order chi connectivity index (χ1) is 7.27. The Labute approximate surface area is 88.1 Å². The van der Waals surface area contributed by atoms with Gasteiger partial charge in [0.05, 0.1) is 13.2 Å². The maximum absolute atomic E-state index is 11.2. The Balaban J connectivity index is 2.40. The molecular weight excluding hydrogens is 196 g/mol. The SMILES string of the molecule is O=C(OCc1ccccc1)C(CO)CO. The largest absolute Gasteiger partial charge is 0.460 e. The predicted octanol–water partition coefficient (Wildman–Crippen LogP) is 0.331. The highest BCUT2D eigenvalue weighted by Crippen LogP contribution is 2.04. The average Bonchev–Trinajstić information content (AvgIpc) is 2.29. The molecule has 0 aromatic heterocycles. The molecule has 1 aromatic carbocycles. The van der Waals surface area contributed by atoms with Crippen LogP contribution in [0.3, 0.4) is 0 Å². The van der Waals surface area contributed by atoms with E-state index < -0.39 is 25.1 Å². The van der Waals surface area contributed by atoms with Crippen LogP contribution < -0.4 is 0 Å². The van der Waals surface area contributed by atoms with Crippen LogP contribution in [0.5, 0.6) is 0 Å². The summed E-state index contributed by atoms with van der Waals surface area (Å²) in [5, 5.41) is 17.5. The second kappa shape index (κ2) is 6.16. The lowest BCUT2D eigenvalue weighted by Gasteiger charge is -2.10. The quantitative estimate of drug-likeness (QED) is 0.687. The molecule has 0 atom stereocenters. The van der Waals surface area contributed by atoms with Gasteiger partial charge in [0.25, 0.3) is 0 Å². The number of carbonyl (C=O) groups excluding carboxylic acids is 1. The summed E-state index contributed by atoms with van der Waals surface area (Å²) in [7, 11) is 0. The maximum atomic E-state index is 11.2. The highest BCUT2D eigenvalue weighted by molar-refractivity contribution is 5.72. The zero-order chi connectivity index (χ0) is 11.1. The molecule has 15 heavy (non-hydrogen) atoms. The molecule has 82 valence electrons. The van der Waals surface area contributed by atoms with Gasteiger partial charge in [-0.05, 0) is 5.56 Å². The summed E-state index contributed by atoms with van der Waals surface area (Å²) in [6.07, 6.45) is 0. The van der Waals surface area contributed by atoms with Crippen LogP contribution in [0.25, 0.3) is 0 Å². The third-order valence-corrected chi connectivity index (χ3v) is 2.00. The fraction of sp³-hybridized carbons (Fsp3) is 0.364. The first kappa shape index (κ1) is 11.7. The van der Waals surface area contributed by atoms with Crippen LogP contribution in [0.15, 0.2) is 30.3 Å². The zero-order valence-corrected chi connectivity index (χ0v) is 8.30. The summed E-state index contributed by atoms with van der Waals surface area (Å²) in [6, 6.07) is 9.23. The van der Waals surface area contributed by atoms with E-state index in [1.54, 1.807) is 0 Å². The van der Waals surface area contributed by atoms with E-state index >= 15 is 0 Å². The minimum absolute atomic E-state index is 0.163. The number of hydrogen-bond acceptors (Lipinski definition) is 4. The third kappa shape index (κ3) is 3.69. The Morgan fingerprint density at radius 2 is 1.80 bits per heavy atom. The first-order valence-electron chi connectivity index (χ1n) is 4.70. The lowest BCUT2D eigenvalue weighted by atomic mass is 10.2. The summed E-state index contributed by atoms with van der Waals surface area (Å²) in [5.74, 6) is -1.42. The molecule has 0 heterocycles. The van der Waals surface area contributed by atoms with Crippen LogP contribution in [-0.4, -0.2) is 29.4 Å². The monoisotopic (exact) mass is 210 g/mol. The molecule has 0 aliphatic carbocycles. The van der Waals surface area contributed by atoms with Crippen molar-refractivity contribution in [2.75, 3.05) is 13.2 Å². The van der Waals surface area contributed by atoms with Crippen molar-refractivity contribution >= 4 is 5.97 Å². The molecule has 1 rings (SSSR count). The van der Waals surface area contributed by atoms with Crippen LogP contribution >= 0.6 is 0 Å². The molecule has 2 N–H and O–H groups in total. The molecule has 1 aromatic rings. The summed E-state index contributed by atoms with van der Waals surface area (Å²) in [6.45, 7) is -0.635. The van der Waals surface area contributed by atoms with Gasteiger partial charge in [0.1, 0.15) is 12.5 Å². The van der Waals surface area contributed by atoms with Gasteiger partial charge in [-0.1, -0.05) is 30.3 Å². The Hall–Kier alpha value is -1.39. The molecule has 0 aliphatic rings. The van der Waals surface area contributed by atoms with Crippen LogP contribution in [0.4, 0.5) is 0 Å². The molecular formula is C11H14O4. The topological polar surface area (TPSA) is 66.8 Å². The fourth-order valence-corrected chi connectivity index (χ4v) is 1.05. The molecule has 0 amide bonds. The van der Waals surface area contributed by atoms with E-state index in [1.165, 1.54) is 0 Å². The number of aliphatic hydroxyl groups is 2. The van der Waals surface area contributed by atoms with Crippen molar-refractivity contribution in [3.63, 3.8) is 0 Å². The van der Waals surface area contributed by atoms with Crippen molar-refractivity contribution < 1.29 is 19.7 Å². The lowest BCUT2D eigenvalue weighted by Crippen LogP contribution is -2.24. The van der Waals surface area contributed by atoms with E-state index in [9.17, 15) is 4.79 Å². The van der Waals surface area contributed by atoms with Crippen molar-refractivity contribution in [1.29, 1.82) is 0 Å². The highest BCUT2D eigenvalue weighted by Gasteiger charge is 2.17. The van der Waals surface area contributed by atoms with Crippen molar-refractivity contribution in [3.05, 3.63) is 35.9 Å². The van der Waals surface area contributed by atoms with Gasteiger partial charge < -0.3 is 14.9 Å². The van der Waals surface area contributed by atoms with Gasteiger partial charge in [0.15, 0.2) is 0 Å². The maximum Gasteiger partial charge on any atom is 0.313 e. The molecule has 0 bridgehead atoms. The summed E-state index contributed by atoms with van der Waals surface area (Å²) in [5.41, 5.74) is 0.875. The van der Waals surface area contributed by atoms with Crippen LogP contribution in [-0.2, 0) is 16.1 Å². The van der Waals surface area contributed by atoms with Crippen molar-refractivity contribution in [2.24, 2.45) is 5.92 Å². The molecule has 0 radical (unpaired) electrons. The number of benzene rings is 1. The zero-order valence-electron chi connectivity index (χ0n) is 8.30. The normalized spacial score (nSPS) is 10.3. The number of ether oxygens (including phenoxy) is 1. The van der Waals surface area contributed by atoms with E-state index in [0.29, 0.717) is 0 Å². The van der Waals surface area contributed by atoms with Gasteiger partial charge in [-0.15, -0.1) is 0 Å². The van der Waals surface area contributed by atoms with E-state index in [-0.39, 0.29) is 6.61 Å². The number of rotatable bonds is 5. The molecule has 0 saturated carbocycles. The lowest BCUT2D eigenvalue weighted by molar-refractivity contribution is -0.152. The Kier molecular flexibility index (Phi) is 4.80. The number of carbonyl (C=O) groups is 1. The summed E-state index contributed by atoms with van der Waals surface area (Å²) >= 11 is 0. The molecule has 4 heteroatoms. The Morgan fingerprint density at radius 1 is 1.20 bits per heavy atom. The van der Waals surface area contributed by atoms with Crippen molar-refractivity contribution in [3.8, 4) is 0 Å². The minimum Gasteiger partial charge on any atom is -0.460 e.